The molecular formula is C14H19N3O2S. The van der Waals surface area contributed by atoms with Gasteiger partial charge in [-0.05, 0) is 18.6 Å². The zero-order valence-electron chi connectivity index (χ0n) is 11.7. The number of nitrogens with zero attached hydrogens (tertiary/aromatic N) is 2. The van der Waals surface area contributed by atoms with Crippen molar-refractivity contribution >= 4 is 11.8 Å². The molecule has 1 aromatic heterocycles. The molecule has 1 unspecified atom stereocenters. The van der Waals surface area contributed by atoms with Crippen molar-refractivity contribution in [2.45, 2.75) is 30.0 Å². The third-order valence-electron chi connectivity index (χ3n) is 2.78. The second-order valence-electron chi connectivity index (χ2n) is 4.58. The number of ether oxygens (including phenoxy) is 1. The minimum atomic E-state index is -0.114. The SMILES string of the molecule is COCC(N)Cc1nc(CSc2ccccc2C)no1. The summed E-state index contributed by atoms with van der Waals surface area (Å²) in [6, 6.07) is 8.13. The Bertz CT molecular complexity index is 545. The second-order valence-corrected chi connectivity index (χ2v) is 5.60. The molecule has 1 heterocycles. The van der Waals surface area contributed by atoms with Crippen LogP contribution in [0.3, 0.4) is 0 Å². The van der Waals surface area contributed by atoms with Gasteiger partial charge in [0.05, 0.1) is 12.4 Å². The first-order chi connectivity index (χ1) is 9.69. The quantitative estimate of drug-likeness (QED) is 0.789. The Hall–Kier alpha value is -1.37. The largest absolute Gasteiger partial charge is 0.383 e. The Kier molecular flexibility index (Phi) is 5.58. The van der Waals surface area contributed by atoms with Gasteiger partial charge in [0, 0.05) is 24.5 Å². The Morgan fingerprint density at radius 2 is 2.20 bits per heavy atom. The van der Waals surface area contributed by atoms with E-state index in [2.05, 4.69) is 29.2 Å². The summed E-state index contributed by atoms with van der Waals surface area (Å²) < 4.78 is 10.2. The van der Waals surface area contributed by atoms with Crippen molar-refractivity contribution in [3.8, 4) is 0 Å². The fourth-order valence-corrected chi connectivity index (χ4v) is 2.66. The molecule has 0 saturated heterocycles. The number of thioether (sulfide) groups is 1. The molecule has 1 atom stereocenters. The van der Waals surface area contributed by atoms with Crippen molar-refractivity contribution in [3.05, 3.63) is 41.5 Å². The van der Waals surface area contributed by atoms with Crippen molar-refractivity contribution in [2.24, 2.45) is 5.73 Å². The Labute approximate surface area is 122 Å². The topological polar surface area (TPSA) is 74.2 Å². The van der Waals surface area contributed by atoms with Gasteiger partial charge in [0.1, 0.15) is 0 Å². The molecule has 2 N–H and O–H groups in total. The molecule has 0 amide bonds. The number of hydrogen-bond acceptors (Lipinski definition) is 6. The van der Waals surface area contributed by atoms with E-state index in [0.717, 1.165) is 0 Å². The molecule has 1 aromatic carbocycles. The monoisotopic (exact) mass is 293 g/mol. The number of nitrogens with two attached hydrogens (primary N) is 1. The lowest BCUT2D eigenvalue weighted by Crippen LogP contribution is -2.28. The van der Waals surface area contributed by atoms with Crippen LogP contribution in [0.1, 0.15) is 17.3 Å². The highest BCUT2D eigenvalue weighted by molar-refractivity contribution is 7.98. The summed E-state index contributed by atoms with van der Waals surface area (Å²) in [7, 11) is 1.62. The number of aryl methyl sites for hydroxylation is 1. The number of hydrogen-bond donors (Lipinski definition) is 1. The maximum atomic E-state index is 5.85. The zero-order chi connectivity index (χ0) is 14.4. The van der Waals surface area contributed by atoms with E-state index in [-0.39, 0.29) is 6.04 Å². The van der Waals surface area contributed by atoms with Crippen LogP contribution < -0.4 is 5.73 Å². The number of aromatic nitrogens is 2. The van der Waals surface area contributed by atoms with Gasteiger partial charge in [-0.2, -0.15) is 4.98 Å². The third kappa shape index (κ3) is 4.33. The van der Waals surface area contributed by atoms with Gasteiger partial charge in [0.15, 0.2) is 5.82 Å². The van der Waals surface area contributed by atoms with Crippen LogP contribution in [0.25, 0.3) is 0 Å². The molecule has 0 bridgehead atoms. The molecule has 0 spiro atoms. The Morgan fingerprint density at radius 3 is 2.95 bits per heavy atom. The summed E-state index contributed by atoms with van der Waals surface area (Å²) in [5, 5.41) is 3.97. The molecule has 2 aromatic rings. The first kappa shape index (κ1) is 15.0. The van der Waals surface area contributed by atoms with E-state index in [9.17, 15) is 0 Å². The van der Waals surface area contributed by atoms with Crippen LogP contribution in [0.2, 0.25) is 0 Å². The maximum Gasteiger partial charge on any atom is 0.228 e. The van der Waals surface area contributed by atoms with Gasteiger partial charge in [0.2, 0.25) is 5.89 Å². The molecule has 20 heavy (non-hydrogen) atoms. The zero-order valence-corrected chi connectivity index (χ0v) is 12.5. The maximum absolute atomic E-state index is 5.85. The summed E-state index contributed by atoms with van der Waals surface area (Å²) in [4.78, 5) is 5.57. The standard InChI is InChI=1S/C14H19N3O2S/c1-10-5-3-4-6-12(10)20-9-13-16-14(19-17-13)7-11(15)8-18-2/h3-6,11H,7-9,15H2,1-2H3. The predicted octanol–water partition coefficient (Wildman–Crippen LogP) is 2.19. The number of benzene rings is 1. The van der Waals surface area contributed by atoms with Crippen LogP contribution in [0.15, 0.2) is 33.7 Å². The van der Waals surface area contributed by atoms with Crippen molar-refractivity contribution < 1.29 is 9.26 Å². The summed E-state index contributed by atoms with van der Waals surface area (Å²) >= 11 is 1.70. The molecule has 0 saturated carbocycles. The minimum Gasteiger partial charge on any atom is -0.383 e. The van der Waals surface area contributed by atoms with Crippen molar-refractivity contribution in [1.82, 2.24) is 10.1 Å². The Balaban J connectivity index is 1.88. The molecular weight excluding hydrogens is 274 g/mol. The molecule has 5 nitrogen and oxygen atoms in total. The smallest absolute Gasteiger partial charge is 0.228 e. The molecule has 0 fully saturated rings. The summed E-state index contributed by atoms with van der Waals surface area (Å²) in [6.45, 7) is 2.57. The van der Waals surface area contributed by atoms with Crippen LogP contribution >= 0.6 is 11.8 Å². The highest BCUT2D eigenvalue weighted by atomic mass is 32.2. The molecule has 0 aliphatic heterocycles. The van der Waals surface area contributed by atoms with E-state index >= 15 is 0 Å². The minimum absolute atomic E-state index is 0.114. The molecule has 2 rings (SSSR count). The highest BCUT2D eigenvalue weighted by Crippen LogP contribution is 2.24. The van der Waals surface area contributed by atoms with Gasteiger partial charge >= 0.3 is 0 Å². The van der Waals surface area contributed by atoms with E-state index in [4.69, 9.17) is 15.0 Å². The molecule has 6 heteroatoms. The van der Waals surface area contributed by atoms with E-state index in [1.165, 1.54) is 10.5 Å². The second kappa shape index (κ2) is 7.42. The van der Waals surface area contributed by atoms with Crippen LogP contribution in [-0.4, -0.2) is 29.9 Å². The van der Waals surface area contributed by atoms with Crippen LogP contribution in [0, 0.1) is 6.92 Å². The van der Waals surface area contributed by atoms with Crippen LogP contribution in [0.4, 0.5) is 0 Å². The lowest BCUT2D eigenvalue weighted by Gasteiger charge is -2.05. The van der Waals surface area contributed by atoms with Crippen LogP contribution in [0.5, 0.6) is 0 Å². The van der Waals surface area contributed by atoms with Gasteiger partial charge < -0.3 is 15.0 Å². The van der Waals surface area contributed by atoms with Crippen molar-refractivity contribution in [2.75, 3.05) is 13.7 Å². The predicted molar refractivity (Wildman–Crippen MR) is 78.6 cm³/mol. The third-order valence-corrected chi connectivity index (χ3v) is 3.95. The number of methoxy groups -OCH3 is 1. The van der Waals surface area contributed by atoms with Crippen molar-refractivity contribution in [1.29, 1.82) is 0 Å². The first-order valence-corrected chi connectivity index (χ1v) is 7.42. The van der Waals surface area contributed by atoms with Gasteiger partial charge in [-0.15, -0.1) is 11.8 Å². The van der Waals surface area contributed by atoms with Gasteiger partial charge in [-0.1, -0.05) is 23.4 Å². The lowest BCUT2D eigenvalue weighted by molar-refractivity contribution is 0.176. The van der Waals surface area contributed by atoms with E-state index < -0.39 is 0 Å². The summed E-state index contributed by atoms with van der Waals surface area (Å²) in [6.07, 6.45) is 0.538. The van der Waals surface area contributed by atoms with Crippen LogP contribution in [-0.2, 0) is 16.9 Å². The summed E-state index contributed by atoms with van der Waals surface area (Å²) in [5.41, 5.74) is 7.11. The van der Waals surface area contributed by atoms with Gasteiger partial charge in [0.25, 0.3) is 0 Å². The first-order valence-electron chi connectivity index (χ1n) is 6.43. The average molecular weight is 293 g/mol. The highest BCUT2D eigenvalue weighted by Gasteiger charge is 2.11. The van der Waals surface area contributed by atoms with Gasteiger partial charge in [-0.25, -0.2) is 0 Å². The fraction of sp³-hybridized carbons (Fsp3) is 0.429. The Morgan fingerprint density at radius 1 is 1.40 bits per heavy atom. The molecule has 0 aliphatic carbocycles. The summed E-state index contributed by atoms with van der Waals surface area (Å²) in [5.74, 6) is 1.95. The number of rotatable bonds is 7. The van der Waals surface area contributed by atoms with Gasteiger partial charge in [-0.3, -0.25) is 0 Å². The average Bonchev–Trinajstić information content (AvgIpc) is 2.85. The molecule has 0 radical (unpaired) electrons. The normalized spacial score (nSPS) is 12.6. The molecule has 0 aliphatic rings. The van der Waals surface area contributed by atoms with E-state index in [1.54, 1.807) is 18.9 Å². The fourth-order valence-electron chi connectivity index (χ4n) is 1.79. The molecule has 108 valence electrons. The van der Waals surface area contributed by atoms with E-state index in [1.807, 2.05) is 12.1 Å². The van der Waals surface area contributed by atoms with Crippen molar-refractivity contribution in [3.63, 3.8) is 0 Å². The van der Waals surface area contributed by atoms with E-state index in [0.29, 0.717) is 30.5 Å². The lowest BCUT2D eigenvalue weighted by atomic mass is 10.2.